The van der Waals surface area contributed by atoms with E-state index in [-0.39, 0.29) is 6.35 Å². The molecule has 0 aliphatic heterocycles. The third-order valence-electron chi connectivity index (χ3n) is 1.34. The van der Waals surface area contributed by atoms with Crippen molar-refractivity contribution in [3.8, 4) is 0 Å². The van der Waals surface area contributed by atoms with E-state index in [2.05, 4.69) is 18.7 Å². The highest BCUT2D eigenvalue weighted by atomic mass is 31.1. The van der Waals surface area contributed by atoms with Gasteiger partial charge in [0.1, 0.15) is 6.35 Å². The van der Waals surface area contributed by atoms with Gasteiger partial charge in [0.2, 0.25) is 8.03 Å². The quantitative estimate of drug-likeness (QED) is 0.360. The lowest BCUT2D eigenvalue weighted by Crippen LogP contribution is -2.33. The molecule has 0 rings (SSSR count). The number of rotatable bonds is 6. The van der Waals surface area contributed by atoms with Crippen molar-refractivity contribution in [1.82, 2.24) is 0 Å². The first-order valence-electron chi connectivity index (χ1n) is 3.90. The van der Waals surface area contributed by atoms with E-state index in [9.17, 15) is 14.2 Å². The van der Waals surface area contributed by atoms with E-state index in [1.807, 2.05) is 0 Å². The summed E-state index contributed by atoms with van der Waals surface area (Å²) in [6, 6.07) is 0. The molecule has 15 heavy (non-hydrogen) atoms. The Labute approximate surface area is 87.5 Å². The van der Waals surface area contributed by atoms with Crippen molar-refractivity contribution >= 4 is 20.0 Å². The van der Waals surface area contributed by atoms with Gasteiger partial charge in [-0.15, -0.1) is 0 Å². The summed E-state index contributed by atoms with van der Waals surface area (Å²) in [6.07, 6.45) is -1.81. The molecule has 0 aliphatic rings. The van der Waals surface area contributed by atoms with Gasteiger partial charge in [0.05, 0.1) is 14.2 Å². The molecule has 88 valence electrons. The van der Waals surface area contributed by atoms with Crippen LogP contribution in [0.2, 0.25) is 0 Å². The fourth-order valence-corrected chi connectivity index (χ4v) is 1.45. The predicted octanol–water partition coefficient (Wildman–Crippen LogP) is -0.204. The standard InChI is InChI=1S/C7H13O7P/c1-11-4-15(10)14-5(6(8)12-2)7(9)13-3/h5,15H,4H2,1-3H3. The van der Waals surface area contributed by atoms with Gasteiger partial charge in [-0.3, -0.25) is 4.57 Å². The minimum Gasteiger partial charge on any atom is -0.467 e. The van der Waals surface area contributed by atoms with Gasteiger partial charge in [0.15, 0.2) is 0 Å². The Morgan fingerprint density at radius 2 is 1.60 bits per heavy atom. The van der Waals surface area contributed by atoms with Gasteiger partial charge in [0, 0.05) is 7.11 Å². The minimum atomic E-state index is -2.62. The molecule has 0 aromatic carbocycles. The van der Waals surface area contributed by atoms with Crippen LogP contribution in [0.5, 0.6) is 0 Å². The average molecular weight is 240 g/mol. The van der Waals surface area contributed by atoms with Crippen LogP contribution in [0.15, 0.2) is 0 Å². The van der Waals surface area contributed by atoms with E-state index in [1.165, 1.54) is 7.11 Å². The first-order chi connectivity index (χ1) is 7.06. The molecule has 0 aromatic rings. The van der Waals surface area contributed by atoms with Crippen LogP contribution < -0.4 is 0 Å². The van der Waals surface area contributed by atoms with Crippen LogP contribution in [0.3, 0.4) is 0 Å². The monoisotopic (exact) mass is 240 g/mol. The lowest BCUT2D eigenvalue weighted by atomic mass is 10.4. The molecule has 0 N–H and O–H groups in total. The number of carbonyl (C=O) groups excluding carboxylic acids is 2. The van der Waals surface area contributed by atoms with Crippen LogP contribution in [0, 0.1) is 0 Å². The van der Waals surface area contributed by atoms with E-state index in [1.54, 1.807) is 0 Å². The SMILES string of the molecule is COC[PH](=O)OC(C(=O)OC)C(=O)OC. The zero-order valence-corrected chi connectivity index (χ0v) is 9.64. The molecule has 8 heteroatoms. The van der Waals surface area contributed by atoms with E-state index in [0.717, 1.165) is 14.2 Å². The van der Waals surface area contributed by atoms with E-state index in [0.29, 0.717) is 0 Å². The van der Waals surface area contributed by atoms with E-state index < -0.39 is 26.1 Å². The third-order valence-corrected chi connectivity index (χ3v) is 2.36. The maximum atomic E-state index is 11.1. The van der Waals surface area contributed by atoms with Crippen LogP contribution in [0.4, 0.5) is 0 Å². The van der Waals surface area contributed by atoms with Crippen molar-refractivity contribution in [2.75, 3.05) is 27.7 Å². The summed E-state index contributed by atoms with van der Waals surface area (Å²) >= 11 is 0. The molecule has 0 fully saturated rings. The zero-order valence-electron chi connectivity index (χ0n) is 8.64. The number of esters is 2. The second-order valence-electron chi connectivity index (χ2n) is 2.35. The molecule has 0 heterocycles. The molecule has 0 saturated carbocycles. The van der Waals surface area contributed by atoms with Crippen molar-refractivity contribution in [2.24, 2.45) is 0 Å². The molecule has 0 saturated heterocycles. The van der Waals surface area contributed by atoms with Crippen molar-refractivity contribution in [3.63, 3.8) is 0 Å². The highest BCUT2D eigenvalue weighted by Gasteiger charge is 2.31. The van der Waals surface area contributed by atoms with Gasteiger partial charge < -0.3 is 18.7 Å². The van der Waals surface area contributed by atoms with Crippen molar-refractivity contribution in [2.45, 2.75) is 6.10 Å². The lowest BCUT2D eigenvalue weighted by molar-refractivity contribution is -0.163. The Hall–Kier alpha value is -0.910. The molecule has 7 nitrogen and oxygen atoms in total. The number of hydrogen-bond donors (Lipinski definition) is 0. The topological polar surface area (TPSA) is 88.1 Å². The summed E-state index contributed by atoms with van der Waals surface area (Å²) in [5.41, 5.74) is 0. The van der Waals surface area contributed by atoms with Crippen LogP contribution in [0.25, 0.3) is 0 Å². The summed E-state index contributed by atoms with van der Waals surface area (Å²) in [6.45, 7) is 0. The first-order valence-corrected chi connectivity index (χ1v) is 5.43. The Morgan fingerprint density at radius 3 is 1.93 bits per heavy atom. The van der Waals surface area contributed by atoms with E-state index in [4.69, 9.17) is 0 Å². The molecule has 1 unspecified atom stereocenters. The summed E-state index contributed by atoms with van der Waals surface area (Å²) in [5.74, 6) is -1.92. The summed E-state index contributed by atoms with van der Waals surface area (Å²) < 4.78 is 28.9. The van der Waals surface area contributed by atoms with Gasteiger partial charge in [-0.05, 0) is 0 Å². The zero-order chi connectivity index (χ0) is 11.8. The fraction of sp³-hybridized carbons (Fsp3) is 0.714. The van der Waals surface area contributed by atoms with Crippen molar-refractivity contribution in [3.05, 3.63) is 0 Å². The fourth-order valence-electron chi connectivity index (χ4n) is 0.690. The highest BCUT2D eigenvalue weighted by molar-refractivity contribution is 7.38. The number of carbonyl (C=O) groups is 2. The molecule has 0 amide bonds. The van der Waals surface area contributed by atoms with E-state index >= 15 is 0 Å². The molecule has 0 radical (unpaired) electrons. The largest absolute Gasteiger partial charge is 0.467 e. The minimum absolute atomic E-state index is 0.185. The highest BCUT2D eigenvalue weighted by Crippen LogP contribution is 2.25. The van der Waals surface area contributed by atoms with Crippen LogP contribution in [-0.4, -0.2) is 45.7 Å². The van der Waals surface area contributed by atoms with Gasteiger partial charge >= 0.3 is 11.9 Å². The normalized spacial score (nSPS) is 12.3. The molecular weight excluding hydrogens is 227 g/mol. The van der Waals surface area contributed by atoms with Gasteiger partial charge in [0.25, 0.3) is 6.10 Å². The average Bonchev–Trinajstić information content (AvgIpc) is 2.24. The van der Waals surface area contributed by atoms with Crippen molar-refractivity contribution < 1.29 is 32.9 Å². The molecule has 0 bridgehead atoms. The Kier molecular flexibility index (Phi) is 6.94. The second-order valence-corrected chi connectivity index (χ2v) is 3.62. The molecule has 0 aliphatic carbocycles. The van der Waals surface area contributed by atoms with Gasteiger partial charge in [-0.1, -0.05) is 0 Å². The van der Waals surface area contributed by atoms with Gasteiger partial charge in [-0.25, -0.2) is 9.59 Å². The van der Waals surface area contributed by atoms with Gasteiger partial charge in [-0.2, -0.15) is 0 Å². The Bertz CT molecular complexity index is 236. The van der Waals surface area contributed by atoms with Crippen LogP contribution in [0.1, 0.15) is 0 Å². The molecule has 0 aromatic heterocycles. The Morgan fingerprint density at radius 1 is 1.13 bits per heavy atom. The first kappa shape index (κ1) is 14.1. The predicted molar refractivity (Wildman–Crippen MR) is 49.8 cm³/mol. The third kappa shape index (κ3) is 4.92. The molecule has 0 spiro atoms. The molecule has 1 atom stereocenters. The number of methoxy groups -OCH3 is 3. The summed E-state index contributed by atoms with van der Waals surface area (Å²) in [5, 5.41) is 0. The maximum absolute atomic E-state index is 11.1. The maximum Gasteiger partial charge on any atom is 0.347 e. The second kappa shape index (κ2) is 7.39. The summed E-state index contributed by atoms with van der Waals surface area (Å²) in [4.78, 5) is 22.1. The number of ether oxygens (including phenoxy) is 3. The lowest BCUT2D eigenvalue weighted by Gasteiger charge is -2.12. The van der Waals surface area contributed by atoms with Crippen LogP contribution in [-0.2, 0) is 32.9 Å². The Balaban J connectivity index is 4.44. The van der Waals surface area contributed by atoms with Crippen LogP contribution >= 0.6 is 8.03 Å². The van der Waals surface area contributed by atoms with Crippen molar-refractivity contribution in [1.29, 1.82) is 0 Å². The smallest absolute Gasteiger partial charge is 0.347 e. The molecular formula is C7H13O7P. The number of hydrogen-bond acceptors (Lipinski definition) is 7. The summed E-state index contributed by atoms with van der Waals surface area (Å²) in [7, 11) is 0.852.